The van der Waals surface area contributed by atoms with Crippen molar-refractivity contribution in [3.63, 3.8) is 0 Å². The van der Waals surface area contributed by atoms with Crippen molar-refractivity contribution in [2.75, 3.05) is 6.61 Å². The van der Waals surface area contributed by atoms with Crippen molar-refractivity contribution < 1.29 is 15.0 Å². The topological polar surface area (TPSA) is 158 Å². The minimum absolute atomic E-state index is 0.0810. The smallest absolute Gasteiger partial charge is 0.273 e. The molecule has 9 nitrogen and oxygen atoms in total. The number of benzene rings is 1. The lowest BCUT2D eigenvalue weighted by molar-refractivity contribution is -0.114. The normalized spacial score (nSPS) is 11.9. The van der Waals surface area contributed by atoms with E-state index in [4.69, 9.17) is 21.5 Å². The average Bonchev–Trinajstić information content (AvgIpc) is 3.11. The predicted octanol–water partition coefficient (Wildman–Crippen LogP) is 0.535. The highest BCUT2D eigenvalue weighted by molar-refractivity contribution is 7.14. The van der Waals surface area contributed by atoms with E-state index in [1.807, 2.05) is 30.3 Å². The second-order valence-electron chi connectivity index (χ2n) is 5.07. The van der Waals surface area contributed by atoms with Gasteiger partial charge in [-0.15, -0.1) is 10.2 Å². The molecule has 2 rings (SSSR count). The summed E-state index contributed by atoms with van der Waals surface area (Å²) < 4.78 is 0. The van der Waals surface area contributed by atoms with E-state index in [0.717, 1.165) is 16.8 Å². The number of rotatable bonds is 7. The number of hydrogen-bond donors (Lipinski definition) is 5. The molecule has 0 bridgehead atoms. The molecular formula is C16H22N6O3S. The van der Waals surface area contributed by atoms with E-state index >= 15 is 0 Å². The van der Waals surface area contributed by atoms with Gasteiger partial charge in [-0.05, 0) is 13.3 Å². The van der Waals surface area contributed by atoms with Gasteiger partial charge < -0.3 is 26.8 Å². The first-order valence-electron chi connectivity index (χ1n) is 7.75. The molecule has 2 aromatic rings. The van der Waals surface area contributed by atoms with Gasteiger partial charge in [0, 0.05) is 12.2 Å². The van der Waals surface area contributed by atoms with Crippen LogP contribution in [0.25, 0.3) is 10.6 Å². The summed E-state index contributed by atoms with van der Waals surface area (Å²) in [6, 6.07) is 9.66. The predicted molar refractivity (Wildman–Crippen MR) is 101 cm³/mol. The molecule has 26 heavy (non-hydrogen) atoms. The Hall–Kier alpha value is -2.69. The Morgan fingerprint density at radius 1 is 1.42 bits per heavy atom. The summed E-state index contributed by atoms with van der Waals surface area (Å²) >= 11 is 1.39. The number of nitrogens with one attached hydrogen (secondary N) is 2. The number of aliphatic hydroxyl groups excluding tert-OH is 2. The third kappa shape index (κ3) is 7.47. The molecule has 140 valence electrons. The molecule has 0 fully saturated rings. The molecule has 1 amide bonds. The van der Waals surface area contributed by atoms with Gasteiger partial charge in [0.2, 0.25) is 0 Å². The summed E-state index contributed by atoms with van der Waals surface area (Å²) in [5.74, 6) is 4.47. The van der Waals surface area contributed by atoms with Gasteiger partial charge in [-0.3, -0.25) is 4.79 Å². The van der Waals surface area contributed by atoms with Crippen LogP contribution in [0.5, 0.6) is 0 Å². The van der Waals surface area contributed by atoms with E-state index in [9.17, 15) is 4.79 Å². The Kier molecular flexibility index (Phi) is 9.69. The van der Waals surface area contributed by atoms with Gasteiger partial charge in [-0.2, -0.15) is 5.10 Å². The molecule has 10 heteroatoms. The van der Waals surface area contributed by atoms with Crippen molar-refractivity contribution in [3.05, 3.63) is 35.3 Å². The average molecular weight is 378 g/mol. The van der Waals surface area contributed by atoms with Crippen LogP contribution in [-0.4, -0.2) is 51.0 Å². The minimum atomic E-state index is -0.515. The second kappa shape index (κ2) is 11.8. The van der Waals surface area contributed by atoms with Crippen molar-refractivity contribution in [1.29, 1.82) is 5.41 Å². The number of aromatic nitrogens is 2. The van der Waals surface area contributed by atoms with Gasteiger partial charge in [-0.1, -0.05) is 41.7 Å². The van der Waals surface area contributed by atoms with Crippen LogP contribution in [0.3, 0.4) is 0 Å². The van der Waals surface area contributed by atoms with Crippen LogP contribution in [0, 0.1) is 5.41 Å². The van der Waals surface area contributed by atoms with Crippen LogP contribution < -0.4 is 11.2 Å². The zero-order chi connectivity index (χ0) is 19.4. The van der Waals surface area contributed by atoms with Gasteiger partial charge in [0.25, 0.3) is 5.91 Å². The van der Waals surface area contributed by atoms with Crippen LogP contribution in [0.15, 0.2) is 35.4 Å². The standard InChI is InChI=1S/C12H12N6OS.C4H10O2/c13-6-9(16-14)11(19)15-7-10-17-18-12(20-10)8-4-2-1-3-5-8;1-4(6)2-3-5/h1-6,13H,7,14H2,(H,15,19);4-6H,2-3H2,1H3/b13-6?,16-9+;/t;4-/m.0/s1. The largest absolute Gasteiger partial charge is 0.396 e. The monoisotopic (exact) mass is 378 g/mol. The second-order valence-corrected chi connectivity index (χ2v) is 6.13. The highest BCUT2D eigenvalue weighted by Gasteiger charge is 2.10. The van der Waals surface area contributed by atoms with Crippen LogP contribution in [0.4, 0.5) is 0 Å². The summed E-state index contributed by atoms with van der Waals surface area (Å²) in [7, 11) is 0. The number of nitrogens with zero attached hydrogens (tertiary/aromatic N) is 3. The zero-order valence-electron chi connectivity index (χ0n) is 14.3. The molecule has 0 saturated carbocycles. The third-order valence-electron chi connectivity index (χ3n) is 2.94. The number of carbonyl (C=O) groups is 1. The molecule has 0 aliphatic carbocycles. The van der Waals surface area contributed by atoms with Crippen LogP contribution in [-0.2, 0) is 11.3 Å². The Morgan fingerprint density at radius 3 is 2.62 bits per heavy atom. The van der Waals surface area contributed by atoms with Crippen LogP contribution >= 0.6 is 11.3 Å². The lowest BCUT2D eigenvalue weighted by Crippen LogP contribution is -2.32. The lowest BCUT2D eigenvalue weighted by atomic mass is 10.2. The highest BCUT2D eigenvalue weighted by atomic mass is 32.1. The molecule has 0 aliphatic rings. The van der Waals surface area contributed by atoms with Crippen molar-refractivity contribution in [2.45, 2.75) is 26.0 Å². The summed E-state index contributed by atoms with van der Waals surface area (Å²) in [5.41, 5.74) is 0.837. The first kappa shape index (κ1) is 21.4. The van der Waals surface area contributed by atoms with Crippen molar-refractivity contribution >= 4 is 29.2 Å². The van der Waals surface area contributed by atoms with Gasteiger partial charge in [0.05, 0.1) is 18.9 Å². The number of hydrazone groups is 1. The van der Waals surface area contributed by atoms with E-state index in [2.05, 4.69) is 20.6 Å². The maximum atomic E-state index is 11.5. The van der Waals surface area contributed by atoms with Gasteiger partial charge in [0.15, 0.2) is 5.71 Å². The molecule has 1 atom stereocenters. The highest BCUT2D eigenvalue weighted by Crippen LogP contribution is 2.22. The van der Waals surface area contributed by atoms with E-state index in [1.54, 1.807) is 6.92 Å². The summed E-state index contributed by atoms with van der Waals surface area (Å²) in [6.07, 6.45) is 0.931. The molecule has 1 heterocycles. The maximum Gasteiger partial charge on any atom is 0.273 e. The molecule has 0 aliphatic heterocycles. The molecule has 6 N–H and O–H groups in total. The van der Waals surface area contributed by atoms with E-state index in [0.29, 0.717) is 11.4 Å². The van der Waals surface area contributed by atoms with E-state index in [1.165, 1.54) is 11.3 Å². The number of hydrogen-bond acceptors (Lipinski definition) is 9. The fraction of sp³-hybridized carbons (Fsp3) is 0.312. The van der Waals surface area contributed by atoms with Gasteiger partial charge in [0.1, 0.15) is 10.0 Å². The fourth-order valence-electron chi connectivity index (χ4n) is 1.62. The first-order chi connectivity index (χ1) is 12.5. The Balaban J connectivity index is 0.000000487. The molecule has 0 unspecified atom stereocenters. The zero-order valence-corrected chi connectivity index (χ0v) is 15.1. The van der Waals surface area contributed by atoms with E-state index in [-0.39, 0.29) is 25.0 Å². The van der Waals surface area contributed by atoms with Crippen LogP contribution in [0.2, 0.25) is 0 Å². The Labute approximate surface area is 155 Å². The molecular weight excluding hydrogens is 356 g/mol. The SMILES string of the molecule is C[C@H](O)CCO.N=C/C(=N\N)C(=O)NCc1nnc(-c2ccccc2)s1. The van der Waals surface area contributed by atoms with Crippen LogP contribution in [0.1, 0.15) is 18.4 Å². The Bertz CT molecular complexity index is 718. The fourth-order valence-corrected chi connectivity index (χ4v) is 2.40. The number of amides is 1. The van der Waals surface area contributed by atoms with E-state index < -0.39 is 5.91 Å². The van der Waals surface area contributed by atoms with Crippen molar-refractivity contribution in [2.24, 2.45) is 10.9 Å². The van der Waals surface area contributed by atoms with Gasteiger partial charge >= 0.3 is 0 Å². The third-order valence-corrected chi connectivity index (χ3v) is 3.92. The number of nitrogens with two attached hydrogens (primary N) is 1. The minimum Gasteiger partial charge on any atom is -0.396 e. The number of aliphatic hydroxyl groups is 2. The summed E-state index contributed by atoms with van der Waals surface area (Å²) in [4.78, 5) is 11.5. The van der Waals surface area contributed by atoms with Crippen molar-refractivity contribution in [1.82, 2.24) is 15.5 Å². The van der Waals surface area contributed by atoms with Gasteiger partial charge in [-0.25, -0.2) is 0 Å². The lowest BCUT2D eigenvalue weighted by Gasteiger charge is -2.00. The summed E-state index contributed by atoms with van der Waals surface area (Å²) in [6.45, 7) is 1.95. The Morgan fingerprint density at radius 2 is 2.12 bits per heavy atom. The molecule has 0 spiro atoms. The van der Waals surface area contributed by atoms with Crippen molar-refractivity contribution in [3.8, 4) is 10.6 Å². The molecule has 0 radical (unpaired) electrons. The molecule has 1 aromatic carbocycles. The molecule has 1 aromatic heterocycles. The first-order valence-corrected chi connectivity index (χ1v) is 8.56. The quantitative estimate of drug-likeness (QED) is 0.269. The summed E-state index contributed by atoms with van der Waals surface area (Å²) in [5, 5.41) is 38.7. The maximum absolute atomic E-state index is 11.5. The molecule has 0 saturated heterocycles. The number of carbonyl (C=O) groups excluding carboxylic acids is 1.